The molecule has 0 aromatic heterocycles. The van der Waals surface area contributed by atoms with Gasteiger partial charge >= 0.3 is 6.03 Å². The third-order valence-corrected chi connectivity index (χ3v) is 3.59. The normalized spacial score (nSPS) is 21.8. The molecule has 1 heterocycles. The van der Waals surface area contributed by atoms with Crippen LogP contribution in [0.1, 0.15) is 19.3 Å². The Morgan fingerprint density at radius 1 is 1.35 bits per heavy atom. The summed E-state index contributed by atoms with van der Waals surface area (Å²) >= 11 is 0. The first-order chi connectivity index (χ1) is 9.69. The van der Waals surface area contributed by atoms with Crippen molar-refractivity contribution in [3.05, 3.63) is 12.7 Å². The first-order valence-corrected chi connectivity index (χ1v) is 7.19. The molecule has 2 rings (SSSR count). The SMILES string of the molecule is C=CCNC(=O)NC(=O)CN(CC1CCOC1)C1CC1. The standard InChI is InChI=1S/C14H23N3O3/c1-2-6-15-14(19)16-13(18)9-17(12-3-4-12)8-11-5-7-20-10-11/h2,11-12H,1,3-10H2,(H2,15,16,18,19). The van der Waals surface area contributed by atoms with Crippen molar-refractivity contribution in [1.29, 1.82) is 0 Å². The molecule has 1 saturated carbocycles. The molecule has 0 bridgehead atoms. The molecule has 1 unspecified atom stereocenters. The van der Waals surface area contributed by atoms with E-state index in [1.54, 1.807) is 6.08 Å². The van der Waals surface area contributed by atoms with Crippen LogP contribution in [0.3, 0.4) is 0 Å². The van der Waals surface area contributed by atoms with Gasteiger partial charge in [0, 0.05) is 25.7 Å². The zero-order chi connectivity index (χ0) is 14.4. The van der Waals surface area contributed by atoms with Gasteiger partial charge in [-0.3, -0.25) is 15.0 Å². The first-order valence-electron chi connectivity index (χ1n) is 7.19. The van der Waals surface area contributed by atoms with Crippen molar-refractivity contribution in [2.45, 2.75) is 25.3 Å². The third-order valence-electron chi connectivity index (χ3n) is 3.59. The molecule has 2 N–H and O–H groups in total. The van der Waals surface area contributed by atoms with E-state index in [1.807, 2.05) is 0 Å². The molecular formula is C14H23N3O3. The Balaban J connectivity index is 1.74. The maximum atomic E-state index is 11.9. The van der Waals surface area contributed by atoms with Crippen LogP contribution in [0.5, 0.6) is 0 Å². The van der Waals surface area contributed by atoms with Gasteiger partial charge < -0.3 is 10.1 Å². The van der Waals surface area contributed by atoms with Gasteiger partial charge in [-0.15, -0.1) is 6.58 Å². The van der Waals surface area contributed by atoms with Gasteiger partial charge in [0.15, 0.2) is 0 Å². The second kappa shape index (κ2) is 7.40. The third kappa shape index (κ3) is 4.94. The molecule has 3 amide bonds. The number of hydrogen-bond acceptors (Lipinski definition) is 4. The fourth-order valence-electron chi connectivity index (χ4n) is 2.40. The van der Waals surface area contributed by atoms with E-state index in [9.17, 15) is 9.59 Å². The van der Waals surface area contributed by atoms with Crippen LogP contribution in [-0.2, 0) is 9.53 Å². The van der Waals surface area contributed by atoms with Crippen LogP contribution >= 0.6 is 0 Å². The smallest absolute Gasteiger partial charge is 0.321 e. The van der Waals surface area contributed by atoms with Crippen molar-refractivity contribution in [1.82, 2.24) is 15.5 Å². The van der Waals surface area contributed by atoms with E-state index in [4.69, 9.17) is 4.74 Å². The molecule has 2 fully saturated rings. The molecule has 1 atom stereocenters. The highest BCUT2D eigenvalue weighted by Gasteiger charge is 2.32. The highest BCUT2D eigenvalue weighted by atomic mass is 16.5. The number of urea groups is 1. The van der Waals surface area contributed by atoms with Crippen molar-refractivity contribution in [3.8, 4) is 0 Å². The topological polar surface area (TPSA) is 70.7 Å². The maximum absolute atomic E-state index is 11.9. The molecular weight excluding hydrogens is 258 g/mol. The number of imide groups is 1. The van der Waals surface area contributed by atoms with Gasteiger partial charge in [0.1, 0.15) is 0 Å². The molecule has 6 nitrogen and oxygen atoms in total. The average Bonchev–Trinajstić information content (AvgIpc) is 3.14. The van der Waals surface area contributed by atoms with Crippen LogP contribution < -0.4 is 10.6 Å². The molecule has 0 aromatic rings. The minimum Gasteiger partial charge on any atom is -0.381 e. The van der Waals surface area contributed by atoms with E-state index in [1.165, 1.54) is 0 Å². The summed E-state index contributed by atoms with van der Waals surface area (Å²) < 4.78 is 5.37. The number of rotatable bonds is 7. The summed E-state index contributed by atoms with van der Waals surface area (Å²) in [6.45, 7) is 6.62. The first kappa shape index (κ1) is 15.0. The number of carbonyl (C=O) groups is 2. The Labute approximate surface area is 119 Å². The van der Waals surface area contributed by atoms with Crippen molar-refractivity contribution in [2.24, 2.45) is 5.92 Å². The number of carbonyl (C=O) groups excluding carboxylic acids is 2. The van der Waals surface area contributed by atoms with Crippen LogP contribution in [0.4, 0.5) is 4.79 Å². The molecule has 0 aromatic carbocycles. The Kier molecular flexibility index (Phi) is 5.55. The van der Waals surface area contributed by atoms with E-state index in [0.717, 1.165) is 39.0 Å². The van der Waals surface area contributed by atoms with Gasteiger partial charge in [-0.2, -0.15) is 0 Å². The minimum atomic E-state index is -0.463. The number of hydrogen-bond donors (Lipinski definition) is 2. The largest absolute Gasteiger partial charge is 0.381 e. The monoisotopic (exact) mass is 281 g/mol. The number of nitrogens with zero attached hydrogens (tertiary/aromatic N) is 1. The lowest BCUT2D eigenvalue weighted by Crippen LogP contribution is -2.46. The summed E-state index contributed by atoms with van der Waals surface area (Å²) in [7, 11) is 0. The van der Waals surface area contributed by atoms with Crippen molar-refractivity contribution < 1.29 is 14.3 Å². The van der Waals surface area contributed by atoms with Crippen LogP contribution in [-0.4, -0.2) is 55.7 Å². The van der Waals surface area contributed by atoms with Gasteiger partial charge in [0.05, 0.1) is 13.2 Å². The van der Waals surface area contributed by atoms with Crippen molar-refractivity contribution in [2.75, 3.05) is 32.8 Å². The predicted molar refractivity (Wildman–Crippen MR) is 75.3 cm³/mol. The van der Waals surface area contributed by atoms with Crippen molar-refractivity contribution in [3.63, 3.8) is 0 Å². The molecule has 112 valence electrons. The molecule has 6 heteroatoms. The summed E-state index contributed by atoms with van der Waals surface area (Å²) in [6, 6.07) is 0.0347. The Hall–Kier alpha value is -1.40. The fourth-order valence-corrected chi connectivity index (χ4v) is 2.40. The van der Waals surface area contributed by atoms with E-state index in [-0.39, 0.29) is 12.5 Å². The summed E-state index contributed by atoms with van der Waals surface area (Å²) in [5.74, 6) is 0.260. The zero-order valence-electron chi connectivity index (χ0n) is 11.8. The molecule has 0 spiro atoms. The molecule has 1 aliphatic carbocycles. The summed E-state index contributed by atoms with van der Waals surface area (Å²) in [5.41, 5.74) is 0. The molecule has 0 radical (unpaired) electrons. The van der Waals surface area contributed by atoms with Crippen LogP contribution in [0.15, 0.2) is 12.7 Å². The van der Waals surface area contributed by atoms with Crippen LogP contribution in [0.2, 0.25) is 0 Å². The number of amides is 3. The second-order valence-corrected chi connectivity index (χ2v) is 5.44. The quantitative estimate of drug-likeness (QED) is 0.667. The summed E-state index contributed by atoms with van der Waals surface area (Å²) in [5, 5.41) is 4.87. The Bertz CT molecular complexity index is 363. The van der Waals surface area contributed by atoms with E-state index in [0.29, 0.717) is 18.5 Å². The molecule has 1 saturated heterocycles. The predicted octanol–water partition coefficient (Wildman–Crippen LogP) is 0.499. The molecule has 1 aliphatic heterocycles. The van der Waals surface area contributed by atoms with Gasteiger partial charge in [-0.1, -0.05) is 6.08 Å². The van der Waals surface area contributed by atoms with Gasteiger partial charge in [-0.05, 0) is 25.2 Å². The van der Waals surface area contributed by atoms with E-state index < -0.39 is 6.03 Å². The van der Waals surface area contributed by atoms with Crippen LogP contribution in [0.25, 0.3) is 0 Å². The van der Waals surface area contributed by atoms with Gasteiger partial charge in [-0.25, -0.2) is 4.79 Å². The Morgan fingerprint density at radius 3 is 2.75 bits per heavy atom. The maximum Gasteiger partial charge on any atom is 0.321 e. The van der Waals surface area contributed by atoms with Crippen LogP contribution in [0, 0.1) is 5.92 Å². The summed E-state index contributed by atoms with van der Waals surface area (Å²) in [4.78, 5) is 25.4. The average molecular weight is 281 g/mol. The molecule has 2 aliphatic rings. The van der Waals surface area contributed by atoms with Crippen molar-refractivity contribution >= 4 is 11.9 Å². The lowest BCUT2D eigenvalue weighted by atomic mass is 10.1. The minimum absolute atomic E-state index is 0.252. The lowest BCUT2D eigenvalue weighted by Gasteiger charge is -2.23. The highest BCUT2D eigenvalue weighted by molar-refractivity contribution is 5.95. The number of ether oxygens (including phenoxy) is 1. The van der Waals surface area contributed by atoms with E-state index in [2.05, 4.69) is 22.1 Å². The van der Waals surface area contributed by atoms with Gasteiger partial charge in [0.25, 0.3) is 0 Å². The summed E-state index contributed by atoms with van der Waals surface area (Å²) in [6.07, 6.45) is 4.92. The molecule has 20 heavy (non-hydrogen) atoms. The fraction of sp³-hybridized carbons (Fsp3) is 0.714. The highest BCUT2D eigenvalue weighted by Crippen LogP contribution is 2.28. The Morgan fingerprint density at radius 2 is 2.15 bits per heavy atom. The lowest BCUT2D eigenvalue weighted by molar-refractivity contribution is -0.121. The second-order valence-electron chi connectivity index (χ2n) is 5.44. The van der Waals surface area contributed by atoms with Gasteiger partial charge in [0.2, 0.25) is 5.91 Å². The van der Waals surface area contributed by atoms with E-state index >= 15 is 0 Å². The zero-order valence-corrected chi connectivity index (χ0v) is 11.8. The number of nitrogens with one attached hydrogen (secondary N) is 2.